The Morgan fingerprint density at radius 1 is 1.23 bits per heavy atom. The molecule has 2 atom stereocenters. The van der Waals surface area contributed by atoms with E-state index in [1.165, 1.54) is 18.2 Å². The number of rotatable bonds is 5. The Morgan fingerprint density at radius 3 is 2.53 bits per heavy atom. The molecule has 0 bridgehead atoms. The van der Waals surface area contributed by atoms with Crippen LogP contribution in [0.25, 0.3) is 0 Å². The van der Waals surface area contributed by atoms with E-state index in [0.29, 0.717) is 16.3 Å². The van der Waals surface area contributed by atoms with Crippen molar-refractivity contribution in [2.45, 2.75) is 38.0 Å². The fraction of sp³-hybridized carbons (Fsp3) is 0.333. The molecular weight excluding hydrogens is 419 g/mol. The Morgan fingerprint density at radius 2 is 1.90 bits per heavy atom. The standard InChI is InChI=1S/C21H21ClF3N3O2/c1-2-15(13-7-9-14(22)10-8-13)26-12-20(30)28-17-6-4-3-5-16(17)27-19(29)11-18(28)21(23,24)25/h3-10,15,18,26H,2,11-12H2,1H3,(H,27,29)/t15-,18-/m1/s1. The number of hydrogen-bond acceptors (Lipinski definition) is 3. The summed E-state index contributed by atoms with van der Waals surface area (Å²) in [5, 5.41) is 6.05. The van der Waals surface area contributed by atoms with Crippen molar-refractivity contribution in [1.29, 1.82) is 0 Å². The molecule has 0 aromatic heterocycles. The molecule has 0 saturated heterocycles. The Kier molecular flexibility index (Phi) is 6.67. The number of halogens is 4. The summed E-state index contributed by atoms with van der Waals surface area (Å²) in [4.78, 5) is 25.7. The molecule has 160 valence electrons. The number of alkyl halides is 3. The van der Waals surface area contributed by atoms with Crippen molar-refractivity contribution < 1.29 is 22.8 Å². The van der Waals surface area contributed by atoms with Crippen LogP contribution in [0.1, 0.15) is 31.4 Å². The summed E-state index contributed by atoms with van der Waals surface area (Å²) in [7, 11) is 0. The van der Waals surface area contributed by atoms with Gasteiger partial charge in [0.2, 0.25) is 11.8 Å². The lowest BCUT2D eigenvalue weighted by molar-refractivity contribution is -0.157. The maximum atomic E-state index is 13.8. The summed E-state index contributed by atoms with van der Waals surface area (Å²) in [5.41, 5.74) is 1.07. The van der Waals surface area contributed by atoms with E-state index < -0.39 is 30.5 Å². The third-order valence-corrected chi connectivity index (χ3v) is 5.21. The molecule has 0 unspecified atom stereocenters. The molecule has 2 aromatic carbocycles. The van der Waals surface area contributed by atoms with Crippen LogP contribution >= 0.6 is 11.6 Å². The van der Waals surface area contributed by atoms with Gasteiger partial charge in [-0.05, 0) is 36.2 Å². The smallest absolute Gasteiger partial charge is 0.324 e. The van der Waals surface area contributed by atoms with Crippen molar-refractivity contribution >= 4 is 34.8 Å². The Balaban J connectivity index is 1.87. The molecule has 1 heterocycles. The highest BCUT2D eigenvalue weighted by atomic mass is 35.5. The molecule has 5 nitrogen and oxygen atoms in total. The molecule has 0 saturated carbocycles. The number of para-hydroxylation sites is 2. The molecule has 0 fully saturated rings. The predicted octanol–water partition coefficient (Wildman–Crippen LogP) is 4.69. The monoisotopic (exact) mass is 439 g/mol. The van der Waals surface area contributed by atoms with Crippen LogP contribution in [0.2, 0.25) is 5.02 Å². The van der Waals surface area contributed by atoms with Crippen molar-refractivity contribution in [3.8, 4) is 0 Å². The summed E-state index contributed by atoms with van der Waals surface area (Å²) < 4.78 is 41.3. The van der Waals surface area contributed by atoms with Gasteiger partial charge in [0.15, 0.2) is 0 Å². The van der Waals surface area contributed by atoms with E-state index in [2.05, 4.69) is 10.6 Å². The number of anilines is 2. The number of benzene rings is 2. The van der Waals surface area contributed by atoms with Crippen LogP contribution < -0.4 is 15.5 Å². The summed E-state index contributed by atoms with van der Waals surface area (Å²) in [5.74, 6) is -1.56. The van der Waals surface area contributed by atoms with E-state index >= 15 is 0 Å². The molecule has 2 amide bonds. The van der Waals surface area contributed by atoms with Crippen molar-refractivity contribution in [3.63, 3.8) is 0 Å². The minimum atomic E-state index is -4.76. The van der Waals surface area contributed by atoms with Crippen LogP contribution in [0.15, 0.2) is 48.5 Å². The quantitative estimate of drug-likeness (QED) is 0.710. The molecule has 0 spiro atoms. The number of nitrogens with zero attached hydrogens (tertiary/aromatic N) is 1. The van der Waals surface area contributed by atoms with E-state index in [1.54, 1.807) is 30.3 Å². The van der Waals surface area contributed by atoms with E-state index in [0.717, 1.165) is 5.56 Å². The molecule has 9 heteroatoms. The van der Waals surface area contributed by atoms with Gasteiger partial charge < -0.3 is 10.6 Å². The molecule has 3 rings (SSSR count). The molecule has 30 heavy (non-hydrogen) atoms. The zero-order valence-electron chi connectivity index (χ0n) is 16.2. The van der Waals surface area contributed by atoms with E-state index in [4.69, 9.17) is 11.6 Å². The molecule has 0 aliphatic carbocycles. The SMILES string of the molecule is CC[C@@H](NCC(=O)N1c2ccccc2NC(=O)C[C@@H]1C(F)(F)F)c1ccc(Cl)cc1. The number of nitrogens with one attached hydrogen (secondary N) is 2. The molecular formula is C21H21ClF3N3O2. The Bertz CT molecular complexity index is 918. The summed E-state index contributed by atoms with van der Waals surface area (Å²) in [6.45, 7) is 1.58. The van der Waals surface area contributed by atoms with Crippen LogP contribution in [0, 0.1) is 0 Å². The third-order valence-electron chi connectivity index (χ3n) is 4.95. The second-order valence-electron chi connectivity index (χ2n) is 6.98. The minimum absolute atomic E-state index is 0.0250. The molecule has 1 aliphatic heterocycles. The first-order chi connectivity index (χ1) is 14.2. The maximum Gasteiger partial charge on any atom is 0.409 e. The van der Waals surface area contributed by atoms with Crippen LogP contribution in [0.5, 0.6) is 0 Å². The van der Waals surface area contributed by atoms with E-state index in [9.17, 15) is 22.8 Å². The average molecular weight is 440 g/mol. The van der Waals surface area contributed by atoms with Gasteiger partial charge in [-0.15, -0.1) is 0 Å². The zero-order valence-corrected chi connectivity index (χ0v) is 16.9. The average Bonchev–Trinajstić information content (AvgIpc) is 2.85. The van der Waals surface area contributed by atoms with Crippen LogP contribution in [0.4, 0.5) is 24.5 Å². The normalized spacial score (nSPS) is 17.7. The predicted molar refractivity (Wildman–Crippen MR) is 110 cm³/mol. The Hall–Kier alpha value is -2.58. The van der Waals surface area contributed by atoms with Crippen LogP contribution in [-0.4, -0.2) is 30.6 Å². The summed E-state index contributed by atoms with van der Waals surface area (Å²) in [6, 6.07) is 10.5. The van der Waals surface area contributed by atoms with Gasteiger partial charge in [-0.2, -0.15) is 13.2 Å². The highest BCUT2D eigenvalue weighted by molar-refractivity contribution is 6.30. The van der Waals surface area contributed by atoms with Gasteiger partial charge in [0.25, 0.3) is 0 Å². The lowest BCUT2D eigenvalue weighted by Gasteiger charge is -2.32. The summed E-state index contributed by atoms with van der Waals surface area (Å²) in [6.07, 6.45) is -5.00. The topological polar surface area (TPSA) is 61.4 Å². The highest BCUT2D eigenvalue weighted by Gasteiger charge is 2.48. The van der Waals surface area contributed by atoms with Gasteiger partial charge in [-0.3, -0.25) is 14.5 Å². The van der Waals surface area contributed by atoms with Crippen molar-refractivity contribution in [3.05, 3.63) is 59.1 Å². The fourth-order valence-electron chi connectivity index (χ4n) is 3.48. The number of fused-ring (bicyclic) bond motifs is 1. The number of hydrogen-bond donors (Lipinski definition) is 2. The lowest BCUT2D eigenvalue weighted by atomic mass is 10.0. The van der Waals surface area contributed by atoms with Gasteiger partial charge >= 0.3 is 6.18 Å². The lowest BCUT2D eigenvalue weighted by Crippen LogP contribution is -2.52. The first-order valence-corrected chi connectivity index (χ1v) is 9.85. The van der Waals surface area contributed by atoms with Crippen molar-refractivity contribution in [2.75, 3.05) is 16.8 Å². The first-order valence-electron chi connectivity index (χ1n) is 9.47. The zero-order chi connectivity index (χ0) is 21.9. The van der Waals surface area contributed by atoms with Gasteiger partial charge in [0.05, 0.1) is 24.3 Å². The van der Waals surface area contributed by atoms with E-state index in [1.807, 2.05) is 6.92 Å². The Labute approximate surface area is 177 Å². The van der Waals surface area contributed by atoms with E-state index in [-0.39, 0.29) is 24.0 Å². The number of carbonyl (C=O) groups excluding carboxylic acids is 2. The van der Waals surface area contributed by atoms with Crippen LogP contribution in [-0.2, 0) is 9.59 Å². The second kappa shape index (κ2) is 9.06. The largest absolute Gasteiger partial charge is 0.409 e. The van der Waals surface area contributed by atoms with Gasteiger partial charge in [-0.25, -0.2) is 0 Å². The van der Waals surface area contributed by atoms with Crippen molar-refractivity contribution in [2.24, 2.45) is 0 Å². The third kappa shape index (κ3) is 4.94. The highest BCUT2D eigenvalue weighted by Crippen LogP contribution is 2.37. The first kappa shape index (κ1) is 22.1. The van der Waals surface area contributed by atoms with Gasteiger partial charge in [-0.1, -0.05) is 42.8 Å². The summed E-state index contributed by atoms with van der Waals surface area (Å²) >= 11 is 5.90. The van der Waals surface area contributed by atoms with Gasteiger partial charge in [0, 0.05) is 11.1 Å². The maximum absolute atomic E-state index is 13.8. The minimum Gasteiger partial charge on any atom is -0.324 e. The van der Waals surface area contributed by atoms with Crippen molar-refractivity contribution in [1.82, 2.24) is 5.32 Å². The fourth-order valence-corrected chi connectivity index (χ4v) is 3.61. The molecule has 0 radical (unpaired) electrons. The molecule has 1 aliphatic rings. The molecule has 2 N–H and O–H groups in total. The van der Waals surface area contributed by atoms with Crippen LogP contribution in [0.3, 0.4) is 0 Å². The molecule has 2 aromatic rings. The van der Waals surface area contributed by atoms with Gasteiger partial charge in [0.1, 0.15) is 6.04 Å². The number of amides is 2. The number of carbonyl (C=O) groups is 2. The second-order valence-corrected chi connectivity index (χ2v) is 7.42.